The van der Waals surface area contributed by atoms with Gasteiger partial charge in [-0.1, -0.05) is 12.1 Å². The van der Waals surface area contributed by atoms with E-state index in [2.05, 4.69) is 16.0 Å². The van der Waals surface area contributed by atoms with Gasteiger partial charge in [0.2, 0.25) is 0 Å². The predicted molar refractivity (Wildman–Crippen MR) is 133 cm³/mol. The number of nitrogens with two attached hydrogens (primary N) is 3. The molecule has 6 nitrogen and oxygen atoms in total. The summed E-state index contributed by atoms with van der Waals surface area (Å²) >= 11 is 1.68. The number of carboxylic acids is 1. The summed E-state index contributed by atoms with van der Waals surface area (Å²) in [5.74, 6) is -0.856. The number of benzene rings is 3. The van der Waals surface area contributed by atoms with Crippen molar-refractivity contribution >= 4 is 55.4 Å². The fraction of sp³-hybridized carbons (Fsp3) is 0.0800. The van der Waals surface area contributed by atoms with Crippen LogP contribution in [0.3, 0.4) is 0 Å². The molecule has 7 heteroatoms. The van der Waals surface area contributed by atoms with Crippen LogP contribution in [0.1, 0.15) is 11.1 Å². The van der Waals surface area contributed by atoms with E-state index in [1.165, 1.54) is 4.70 Å². The second-order valence-corrected chi connectivity index (χ2v) is 8.90. The Morgan fingerprint density at radius 3 is 2.38 bits per heavy atom. The fourth-order valence-electron chi connectivity index (χ4n) is 4.23. The van der Waals surface area contributed by atoms with Crippen LogP contribution in [0.4, 0.5) is 17.1 Å². The van der Waals surface area contributed by atoms with E-state index >= 15 is 0 Å². The summed E-state index contributed by atoms with van der Waals surface area (Å²) in [6, 6.07) is 17.4. The average Bonchev–Trinajstić information content (AvgIpc) is 3.28. The number of anilines is 3. The quantitative estimate of drug-likeness (QED) is 0.287. The molecule has 2 aromatic heterocycles. The average molecular weight is 443 g/mol. The van der Waals surface area contributed by atoms with Crippen molar-refractivity contribution in [1.82, 2.24) is 4.57 Å². The Morgan fingerprint density at radius 2 is 1.62 bits per heavy atom. The molecule has 32 heavy (non-hydrogen) atoms. The van der Waals surface area contributed by atoms with Gasteiger partial charge in [0.15, 0.2) is 0 Å². The normalized spacial score (nSPS) is 11.4. The van der Waals surface area contributed by atoms with Crippen molar-refractivity contribution < 1.29 is 9.90 Å². The van der Waals surface area contributed by atoms with Crippen LogP contribution in [-0.2, 0) is 17.8 Å². The zero-order valence-corrected chi connectivity index (χ0v) is 18.0. The van der Waals surface area contributed by atoms with Crippen molar-refractivity contribution in [2.45, 2.75) is 13.0 Å². The summed E-state index contributed by atoms with van der Waals surface area (Å²) in [5, 5.41) is 13.6. The van der Waals surface area contributed by atoms with Crippen LogP contribution in [0.5, 0.6) is 0 Å². The van der Waals surface area contributed by atoms with E-state index in [1.54, 1.807) is 17.4 Å². The fourth-order valence-corrected chi connectivity index (χ4v) is 5.17. The van der Waals surface area contributed by atoms with Crippen molar-refractivity contribution in [3.8, 4) is 11.1 Å². The van der Waals surface area contributed by atoms with Crippen molar-refractivity contribution in [3.63, 3.8) is 0 Å². The Hall–Kier alpha value is -3.97. The SMILES string of the molecule is Nc1cc(N)cc(-c2ccc3c(CC(=O)O)cn(Cc4csc5ccc(N)cc45)c3c2)c1. The lowest BCUT2D eigenvalue weighted by molar-refractivity contribution is -0.136. The lowest BCUT2D eigenvalue weighted by atomic mass is 10.0. The molecule has 0 bridgehead atoms. The summed E-state index contributed by atoms with van der Waals surface area (Å²) < 4.78 is 3.28. The second-order valence-electron chi connectivity index (χ2n) is 7.99. The topological polar surface area (TPSA) is 120 Å². The summed E-state index contributed by atoms with van der Waals surface area (Å²) in [6.07, 6.45) is 1.90. The molecule has 0 atom stereocenters. The molecule has 5 rings (SSSR count). The molecule has 0 aliphatic heterocycles. The second kappa shape index (κ2) is 7.62. The molecular formula is C25H22N4O2S. The van der Waals surface area contributed by atoms with E-state index in [0.29, 0.717) is 17.9 Å². The molecule has 0 saturated heterocycles. The maximum atomic E-state index is 11.5. The number of nitrogen functional groups attached to an aromatic ring is 3. The van der Waals surface area contributed by atoms with Crippen molar-refractivity contribution in [3.05, 3.63) is 77.3 Å². The molecule has 0 aliphatic rings. The van der Waals surface area contributed by atoms with Crippen LogP contribution in [-0.4, -0.2) is 15.6 Å². The van der Waals surface area contributed by atoms with Crippen molar-refractivity contribution in [2.24, 2.45) is 0 Å². The Bertz CT molecular complexity index is 1480. The number of hydrogen-bond acceptors (Lipinski definition) is 5. The number of rotatable bonds is 5. The van der Waals surface area contributed by atoms with E-state index in [0.717, 1.165) is 44.2 Å². The zero-order chi connectivity index (χ0) is 22.4. The first-order valence-electron chi connectivity index (χ1n) is 10.1. The standard InChI is InChI=1S/C25H22N4O2S/c26-18-2-4-24-22(10-18)17(13-32-24)12-29-11-16(8-25(30)31)21-3-1-14(7-23(21)29)15-5-19(27)9-20(28)6-15/h1-7,9-11,13H,8,12,26-28H2,(H,30,31). The third kappa shape index (κ3) is 3.63. The van der Waals surface area contributed by atoms with Crippen LogP contribution in [0.15, 0.2) is 66.2 Å². The highest BCUT2D eigenvalue weighted by molar-refractivity contribution is 7.17. The molecule has 2 heterocycles. The van der Waals surface area contributed by atoms with Crippen LogP contribution < -0.4 is 17.2 Å². The third-order valence-corrected chi connectivity index (χ3v) is 6.65. The summed E-state index contributed by atoms with van der Waals surface area (Å²) in [5.41, 5.74) is 24.7. The van der Waals surface area contributed by atoms with Gasteiger partial charge in [-0.25, -0.2) is 0 Å². The highest BCUT2D eigenvalue weighted by Crippen LogP contribution is 2.33. The van der Waals surface area contributed by atoms with E-state index in [-0.39, 0.29) is 6.42 Å². The van der Waals surface area contributed by atoms with E-state index in [4.69, 9.17) is 17.2 Å². The van der Waals surface area contributed by atoms with Gasteiger partial charge in [0.1, 0.15) is 0 Å². The minimum Gasteiger partial charge on any atom is -0.481 e. The van der Waals surface area contributed by atoms with Crippen molar-refractivity contribution in [2.75, 3.05) is 17.2 Å². The first-order valence-corrected chi connectivity index (χ1v) is 11.0. The van der Waals surface area contributed by atoms with E-state index in [9.17, 15) is 9.90 Å². The summed E-state index contributed by atoms with van der Waals surface area (Å²) in [6.45, 7) is 0.613. The highest BCUT2D eigenvalue weighted by atomic mass is 32.1. The molecule has 0 amide bonds. The number of thiophene rings is 1. The first kappa shape index (κ1) is 20.0. The summed E-state index contributed by atoms with van der Waals surface area (Å²) in [4.78, 5) is 11.5. The van der Waals surface area contributed by atoms with Gasteiger partial charge in [-0.05, 0) is 75.5 Å². The Kier molecular flexibility index (Phi) is 4.75. The molecule has 0 radical (unpaired) electrons. The number of hydrogen-bond donors (Lipinski definition) is 4. The monoisotopic (exact) mass is 442 g/mol. The zero-order valence-electron chi connectivity index (χ0n) is 17.2. The van der Waals surface area contributed by atoms with Gasteiger partial charge in [-0.3, -0.25) is 4.79 Å². The summed E-state index contributed by atoms with van der Waals surface area (Å²) in [7, 11) is 0. The molecular weight excluding hydrogens is 420 g/mol. The van der Waals surface area contributed by atoms with E-state index < -0.39 is 5.97 Å². The van der Waals surface area contributed by atoms with Gasteiger partial charge in [0, 0.05) is 45.4 Å². The van der Waals surface area contributed by atoms with Gasteiger partial charge < -0.3 is 26.9 Å². The molecule has 160 valence electrons. The van der Waals surface area contributed by atoms with Gasteiger partial charge in [0.25, 0.3) is 0 Å². The number of aliphatic carboxylic acids is 1. The molecule has 0 saturated carbocycles. The van der Waals surface area contributed by atoms with Gasteiger partial charge in [-0.2, -0.15) is 0 Å². The minimum atomic E-state index is -0.856. The largest absolute Gasteiger partial charge is 0.481 e. The maximum absolute atomic E-state index is 11.5. The molecule has 0 aliphatic carbocycles. The molecule has 0 spiro atoms. The molecule has 3 aromatic carbocycles. The lowest BCUT2D eigenvalue weighted by Gasteiger charge is -2.09. The predicted octanol–water partition coefficient (Wildman–Crippen LogP) is 4.95. The number of fused-ring (bicyclic) bond motifs is 2. The number of nitrogens with zero attached hydrogens (tertiary/aromatic N) is 1. The molecule has 0 fully saturated rings. The third-order valence-electron chi connectivity index (χ3n) is 5.64. The number of aromatic nitrogens is 1. The molecule has 5 aromatic rings. The number of carboxylic acid groups (broad SMARTS) is 1. The van der Waals surface area contributed by atoms with Crippen LogP contribution in [0.2, 0.25) is 0 Å². The van der Waals surface area contributed by atoms with Gasteiger partial charge in [-0.15, -0.1) is 11.3 Å². The van der Waals surface area contributed by atoms with Crippen molar-refractivity contribution in [1.29, 1.82) is 0 Å². The lowest BCUT2D eigenvalue weighted by Crippen LogP contribution is -2.00. The molecule has 0 unspecified atom stereocenters. The van der Waals surface area contributed by atoms with E-state index in [1.807, 2.05) is 48.7 Å². The Balaban J connectivity index is 1.66. The first-order chi connectivity index (χ1) is 15.4. The maximum Gasteiger partial charge on any atom is 0.307 e. The highest BCUT2D eigenvalue weighted by Gasteiger charge is 2.15. The smallest absolute Gasteiger partial charge is 0.307 e. The van der Waals surface area contributed by atoms with Gasteiger partial charge in [0.05, 0.1) is 6.42 Å². The van der Waals surface area contributed by atoms with Gasteiger partial charge >= 0.3 is 5.97 Å². The minimum absolute atomic E-state index is 0.0363. The van der Waals surface area contributed by atoms with Crippen LogP contribution >= 0.6 is 11.3 Å². The van der Waals surface area contributed by atoms with Crippen LogP contribution in [0.25, 0.3) is 32.1 Å². The van der Waals surface area contributed by atoms with Crippen LogP contribution in [0, 0.1) is 0 Å². The Morgan fingerprint density at radius 1 is 0.844 bits per heavy atom. The Labute approximate surface area is 188 Å². The number of carbonyl (C=O) groups is 1. The molecule has 7 N–H and O–H groups in total.